The van der Waals surface area contributed by atoms with Crippen LogP contribution < -0.4 is 5.32 Å². The van der Waals surface area contributed by atoms with Gasteiger partial charge in [0.1, 0.15) is 25.4 Å². The lowest BCUT2D eigenvalue weighted by Crippen LogP contribution is -2.53. The van der Waals surface area contributed by atoms with Gasteiger partial charge in [-0.2, -0.15) is 11.8 Å². The van der Waals surface area contributed by atoms with Crippen molar-refractivity contribution in [3.8, 4) is 0 Å². The summed E-state index contributed by atoms with van der Waals surface area (Å²) in [6, 6.07) is 0. The number of carboxylic acid groups (broad SMARTS) is 1. The van der Waals surface area contributed by atoms with Gasteiger partial charge in [0, 0.05) is 23.7 Å². The second kappa shape index (κ2) is 12.8. The summed E-state index contributed by atoms with van der Waals surface area (Å²) in [6.07, 6.45) is 1.15. The highest BCUT2D eigenvalue weighted by Gasteiger charge is 2.30. The molecule has 0 aromatic rings. The fraction of sp³-hybridized carbons (Fsp3) is 0.500. The van der Waals surface area contributed by atoms with Crippen molar-refractivity contribution in [3.05, 3.63) is 25.3 Å². The number of nitrogens with one attached hydrogen (secondary N) is 1. The maximum Gasteiger partial charge on any atom is 0.407 e. The van der Waals surface area contributed by atoms with Crippen LogP contribution in [0.2, 0.25) is 0 Å². The minimum absolute atomic E-state index is 0.0261. The molecule has 0 saturated carbocycles. The van der Waals surface area contributed by atoms with Crippen molar-refractivity contribution in [2.75, 3.05) is 31.3 Å². The predicted octanol–water partition coefficient (Wildman–Crippen LogP) is 1.14. The van der Waals surface area contributed by atoms with Crippen molar-refractivity contribution in [2.45, 2.75) is 18.9 Å². The van der Waals surface area contributed by atoms with Gasteiger partial charge in [0.15, 0.2) is 0 Å². The van der Waals surface area contributed by atoms with Crippen LogP contribution in [-0.2, 0) is 28.6 Å². The molecular formula is C16H23NO8S. The summed E-state index contributed by atoms with van der Waals surface area (Å²) in [5.41, 5.74) is -1.22. The monoisotopic (exact) mass is 389 g/mol. The maximum absolute atomic E-state index is 11.9. The van der Waals surface area contributed by atoms with Crippen LogP contribution in [0.3, 0.4) is 0 Å². The van der Waals surface area contributed by atoms with Gasteiger partial charge in [0.05, 0.1) is 6.42 Å². The van der Waals surface area contributed by atoms with Crippen molar-refractivity contribution in [1.29, 1.82) is 0 Å². The van der Waals surface area contributed by atoms with Crippen LogP contribution in [-0.4, -0.2) is 66.0 Å². The van der Waals surface area contributed by atoms with E-state index in [1.54, 1.807) is 0 Å². The topological polar surface area (TPSA) is 128 Å². The Morgan fingerprint density at radius 3 is 2.04 bits per heavy atom. The Hall–Kier alpha value is -2.49. The fourth-order valence-corrected chi connectivity index (χ4v) is 2.15. The lowest BCUT2D eigenvalue weighted by Gasteiger charge is -2.28. The minimum atomic E-state index is -1.22. The Morgan fingerprint density at radius 1 is 1.04 bits per heavy atom. The van der Waals surface area contributed by atoms with Crippen LogP contribution in [0.25, 0.3) is 0 Å². The van der Waals surface area contributed by atoms with Gasteiger partial charge in [-0.1, -0.05) is 13.2 Å². The Kier molecular flexibility index (Phi) is 11.6. The molecule has 0 aromatic carbocycles. The zero-order chi connectivity index (χ0) is 20.0. The highest BCUT2D eigenvalue weighted by molar-refractivity contribution is 7.99. The molecule has 0 spiro atoms. The first-order valence-electron chi connectivity index (χ1n) is 7.55. The third-order valence-corrected chi connectivity index (χ3v) is 3.67. The van der Waals surface area contributed by atoms with Gasteiger partial charge < -0.3 is 24.6 Å². The smallest absolute Gasteiger partial charge is 0.407 e. The average molecular weight is 389 g/mol. The largest absolute Gasteiger partial charge is 0.481 e. The molecule has 0 rings (SSSR count). The SMILES string of the molecule is C=CC(=O)OCC(C)(COC(=O)C=C)NC(=O)OCCSCCC(=O)O. The van der Waals surface area contributed by atoms with E-state index in [1.165, 1.54) is 18.7 Å². The maximum atomic E-state index is 11.9. The van der Waals surface area contributed by atoms with E-state index in [4.69, 9.17) is 19.3 Å². The molecule has 0 radical (unpaired) electrons. The van der Waals surface area contributed by atoms with Crippen LogP contribution in [0.4, 0.5) is 4.79 Å². The molecule has 0 aliphatic rings. The van der Waals surface area contributed by atoms with E-state index in [1.807, 2.05) is 0 Å². The Morgan fingerprint density at radius 2 is 1.58 bits per heavy atom. The van der Waals surface area contributed by atoms with Crippen LogP contribution in [0, 0.1) is 0 Å². The molecule has 0 bridgehead atoms. The van der Waals surface area contributed by atoms with E-state index < -0.39 is 29.5 Å². The van der Waals surface area contributed by atoms with Gasteiger partial charge in [-0.05, 0) is 6.92 Å². The summed E-state index contributed by atoms with van der Waals surface area (Å²) in [7, 11) is 0. The number of esters is 2. The molecule has 146 valence electrons. The molecule has 0 unspecified atom stereocenters. The Bertz CT molecular complexity index is 510. The highest BCUT2D eigenvalue weighted by atomic mass is 32.2. The summed E-state index contributed by atoms with van der Waals surface area (Å²) >= 11 is 1.33. The van der Waals surface area contributed by atoms with Crippen molar-refractivity contribution < 1.29 is 38.5 Å². The number of hydrogen-bond acceptors (Lipinski definition) is 8. The second-order valence-corrected chi connectivity index (χ2v) is 6.43. The normalized spacial score (nSPS) is 10.3. The number of rotatable bonds is 13. The van der Waals surface area contributed by atoms with E-state index in [2.05, 4.69) is 18.5 Å². The molecule has 0 aliphatic heterocycles. The first-order valence-corrected chi connectivity index (χ1v) is 8.71. The number of alkyl carbamates (subject to hydrolysis) is 1. The molecule has 0 heterocycles. The van der Waals surface area contributed by atoms with E-state index in [0.29, 0.717) is 11.5 Å². The molecule has 10 heteroatoms. The highest BCUT2D eigenvalue weighted by Crippen LogP contribution is 2.08. The molecule has 0 atom stereocenters. The fourth-order valence-electron chi connectivity index (χ4n) is 1.43. The molecule has 0 fully saturated rings. The predicted molar refractivity (Wildman–Crippen MR) is 94.8 cm³/mol. The lowest BCUT2D eigenvalue weighted by atomic mass is 10.1. The summed E-state index contributed by atoms with van der Waals surface area (Å²) in [5, 5.41) is 11.0. The average Bonchev–Trinajstić information content (AvgIpc) is 2.60. The zero-order valence-corrected chi connectivity index (χ0v) is 15.3. The number of carbonyl (C=O) groups excluding carboxylic acids is 3. The van der Waals surface area contributed by atoms with Gasteiger partial charge in [-0.3, -0.25) is 4.79 Å². The first kappa shape index (κ1) is 23.5. The summed E-state index contributed by atoms with van der Waals surface area (Å²) in [4.78, 5) is 44.6. The van der Waals surface area contributed by atoms with E-state index in [0.717, 1.165) is 12.2 Å². The quantitative estimate of drug-likeness (QED) is 0.206. The molecular weight excluding hydrogens is 366 g/mol. The van der Waals surface area contributed by atoms with E-state index in [-0.39, 0.29) is 26.2 Å². The molecule has 26 heavy (non-hydrogen) atoms. The van der Waals surface area contributed by atoms with Gasteiger partial charge >= 0.3 is 24.0 Å². The summed E-state index contributed by atoms with van der Waals surface area (Å²) < 4.78 is 14.8. The van der Waals surface area contributed by atoms with Crippen LogP contribution in [0.1, 0.15) is 13.3 Å². The van der Waals surface area contributed by atoms with Gasteiger partial charge in [-0.15, -0.1) is 0 Å². The Balaban J connectivity index is 4.43. The van der Waals surface area contributed by atoms with Gasteiger partial charge in [-0.25, -0.2) is 14.4 Å². The number of hydrogen-bond donors (Lipinski definition) is 2. The summed E-state index contributed by atoms with van der Waals surface area (Å²) in [5.74, 6) is -1.45. The minimum Gasteiger partial charge on any atom is -0.481 e. The molecule has 1 amide bonds. The molecule has 0 aliphatic carbocycles. The van der Waals surface area contributed by atoms with Crippen LogP contribution >= 0.6 is 11.8 Å². The lowest BCUT2D eigenvalue weighted by molar-refractivity contribution is -0.144. The third kappa shape index (κ3) is 12.0. The van der Waals surface area contributed by atoms with Crippen molar-refractivity contribution >= 4 is 35.8 Å². The van der Waals surface area contributed by atoms with Crippen molar-refractivity contribution in [2.24, 2.45) is 0 Å². The van der Waals surface area contributed by atoms with E-state index in [9.17, 15) is 19.2 Å². The second-order valence-electron chi connectivity index (χ2n) is 5.20. The van der Waals surface area contributed by atoms with Crippen LogP contribution in [0.5, 0.6) is 0 Å². The number of carbonyl (C=O) groups is 4. The van der Waals surface area contributed by atoms with Crippen molar-refractivity contribution in [3.63, 3.8) is 0 Å². The first-order chi connectivity index (χ1) is 12.2. The molecule has 2 N–H and O–H groups in total. The van der Waals surface area contributed by atoms with Crippen LogP contribution in [0.15, 0.2) is 25.3 Å². The zero-order valence-electron chi connectivity index (χ0n) is 14.5. The third-order valence-electron chi connectivity index (χ3n) is 2.72. The van der Waals surface area contributed by atoms with Gasteiger partial charge in [0.25, 0.3) is 0 Å². The number of ether oxygens (including phenoxy) is 3. The van der Waals surface area contributed by atoms with Crippen molar-refractivity contribution in [1.82, 2.24) is 5.32 Å². The number of carboxylic acids is 1. The van der Waals surface area contributed by atoms with E-state index >= 15 is 0 Å². The number of thioether (sulfide) groups is 1. The number of amides is 1. The van der Waals surface area contributed by atoms with Gasteiger partial charge in [0.2, 0.25) is 0 Å². The molecule has 0 aromatic heterocycles. The standard InChI is InChI=1S/C16H23NO8S/c1-4-13(20)24-10-16(3,11-25-14(21)5-2)17-15(22)23-7-9-26-8-6-12(18)19/h4-5H,1-2,6-11H2,3H3,(H,17,22)(H,18,19). The summed E-state index contributed by atoms with van der Waals surface area (Å²) in [6.45, 7) is 7.54. The molecule has 0 saturated heterocycles. The molecule has 9 nitrogen and oxygen atoms in total. The number of aliphatic carboxylic acids is 1. The Labute approximate surface area is 155 Å².